The van der Waals surface area contributed by atoms with Gasteiger partial charge >= 0.3 is 0 Å². The molecule has 0 radical (unpaired) electrons. The van der Waals surface area contributed by atoms with E-state index in [-0.39, 0.29) is 11.8 Å². The van der Waals surface area contributed by atoms with Crippen LogP contribution in [-0.2, 0) is 19.4 Å². The van der Waals surface area contributed by atoms with Gasteiger partial charge in [-0.2, -0.15) is 0 Å². The van der Waals surface area contributed by atoms with Crippen LogP contribution in [0, 0.1) is 0 Å². The Kier molecular flexibility index (Phi) is 4.50. The summed E-state index contributed by atoms with van der Waals surface area (Å²) in [5.74, 6) is 0.932. The zero-order chi connectivity index (χ0) is 19.3. The number of nitrogens with one attached hydrogen (secondary N) is 1. The first-order valence-electron chi connectivity index (χ1n) is 9.50. The van der Waals surface area contributed by atoms with Crippen LogP contribution in [0.3, 0.4) is 0 Å². The van der Waals surface area contributed by atoms with E-state index in [9.17, 15) is 4.79 Å². The fourth-order valence-electron chi connectivity index (χ4n) is 4.35. The number of aromatic amines is 1. The Balaban J connectivity index is 1.42. The van der Waals surface area contributed by atoms with Crippen molar-refractivity contribution in [2.24, 2.45) is 0 Å². The molecule has 2 aliphatic rings. The molecule has 0 spiro atoms. The van der Waals surface area contributed by atoms with E-state index in [1.807, 2.05) is 36.4 Å². The summed E-state index contributed by atoms with van der Waals surface area (Å²) >= 11 is 12.7. The molecule has 28 heavy (non-hydrogen) atoms. The van der Waals surface area contributed by atoms with E-state index in [2.05, 4.69) is 9.88 Å². The lowest BCUT2D eigenvalue weighted by Crippen LogP contribution is -2.46. The molecule has 142 valence electrons. The minimum absolute atomic E-state index is 0.132. The van der Waals surface area contributed by atoms with Crippen molar-refractivity contribution >= 4 is 29.0 Å². The summed E-state index contributed by atoms with van der Waals surface area (Å²) in [6.45, 7) is 1.50. The largest absolute Gasteiger partial charge is 0.340 e. The smallest absolute Gasteiger partial charge is 0.181 e. The van der Waals surface area contributed by atoms with E-state index in [4.69, 9.17) is 28.2 Å². The Bertz CT molecular complexity index is 1080. The summed E-state index contributed by atoms with van der Waals surface area (Å²) in [5, 5.41) is 1.24. The second-order valence-corrected chi connectivity index (χ2v) is 8.22. The zero-order valence-corrected chi connectivity index (χ0v) is 16.7. The number of carbonyl (C=O) groups is 1. The van der Waals surface area contributed by atoms with Crippen LogP contribution < -0.4 is 0 Å². The van der Waals surface area contributed by atoms with E-state index in [0.717, 1.165) is 54.1 Å². The molecule has 4 nitrogen and oxygen atoms in total. The Morgan fingerprint density at radius 1 is 1.04 bits per heavy atom. The topological polar surface area (TPSA) is 49.0 Å². The molecule has 3 aromatic rings. The van der Waals surface area contributed by atoms with Crippen molar-refractivity contribution in [2.45, 2.75) is 31.8 Å². The van der Waals surface area contributed by atoms with Crippen molar-refractivity contribution in [3.05, 3.63) is 75.0 Å². The van der Waals surface area contributed by atoms with Crippen LogP contribution in [0.4, 0.5) is 0 Å². The predicted octanol–water partition coefficient (Wildman–Crippen LogP) is 4.94. The summed E-state index contributed by atoms with van der Waals surface area (Å²) in [6, 6.07) is 13.3. The lowest BCUT2D eigenvalue weighted by molar-refractivity contribution is 0.0762. The summed E-state index contributed by atoms with van der Waals surface area (Å²) in [7, 11) is 0. The second kappa shape index (κ2) is 7.03. The van der Waals surface area contributed by atoms with Crippen molar-refractivity contribution in [1.82, 2.24) is 14.9 Å². The minimum Gasteiger partial charge on any atom is -0.340 e. The number of ketones is 1. The van der Waals surface area contributed by atoms with Crippen LogP contribution in [0.25, 0.3) is 11.4 Å². The monoisotopic (exact) mass is 411 g/mol. The molecule has 1 unspecified atom stereocenters. The number of aryl methyl sites for hydroxylation is 1. The van der Waals surface area contributed by atoms with Crippen LogP contribution in [0.5, 0.6) is 0 Å². The first-order valence-corrected chi connectivity index (χ1v) is 10.3. The van der Waals surface area contributed by atoms with Gasteiger partial charge in [0.2, 0.25) is 0 Å². The Morgan fingerprint density at radius 3 is 2.71 bits per heavy atom. The number of H-pyrrole nitrogens is 1. The number of benzene rings is 2. The minimum atomic E-state index is -0.132. The van der Waals surface area contributed by atoms with Crippen LogP contribution >= 0.6 is 23.2 Å². The molecule has 0 amide bonds. The number of Topliss-reactive ketones (excluding diaryl/α,β-unsaturated/α-hetero) is 1. The molecular formula is C22H19Cl2N3O. The quantitative estimate of drug-likeness (QED) is 0.649. The van der Waals surface area contributed by atoms with Crippen molar-refractivity contribution in [1.29, 1.82) is 0 Å². The number of nitrogens with zero attached hydrogens (tertiary/aromatic N) is 2. The van der Waals surface area contributed by atoms with Gasteiger partial charge in [-0.15, -0.1) is 0 Å². The highest BCUT2D eigenvalue weighted by Crippen LogP contribution is 2.33. The van der Waals surface area contributed by atoms with Gasteiger partial charge in [0.05, 0.1) is 27.5 Å². The first-order chi connectivity index (χ1) is 13.6. The second-order valence-electron chi connectivity index (χ2n) is 7.40. The zero-order valence-electron chi connectivity index (χ0n) is 15.2. The van der Waals surface area contributed by atoms with Gasteiger partial charge < -0.3 is 4.98 Å². The molecule has 1 aliphatic carbocycles. The summed E-state index contributed by atoms with van der Waals surface area (Å²) in [6.07, 6.45) is 2.52. The number of hydrogen-bond acceptors (Lipinski definition) is 3. The highest BCUT2D eigenvalue weighted by atomic mass is 35.5. The number of imidazole rings is 1. The summed E-state index contributed by atoms with van der Waals surface area (Å²) in [5.41, 5.74) is 4.80. The molecule has 1 aliphatic heterocycles. The van der Waals surface area contributed by atoms with Gasteiger partial charge in [0.1, 0.15) is 5.82 Å². The lowest BCUT2D eigenvalue weighted by Gasteiger charge is -2.36. The summed E-state index contributed by atoms with van der Waals surface area (Å²) < 4.78 is 0. The number of fused-ring (bicyclic) bond motifs is 2. The average Bonchev–Trinajstić information content (AvgIpc) is 3.11. The first kappa shape index (κ1) is 17.9. The summed E-state index contributed by atoms with van der Waals surface area (Å²) in [4.78, 5) is 23.6. The average molecular weight is 412 g/mol. The molecular weight excluding hydrogens is 393 g/mol. The van der Waals surface area contributed by atoms with Gasteiger partial charge in [-0.25, -0.2) is 4.98 Å². The standard InChI is InChI=1S/C22H19Cl2N3O/c23-15-6-2-1-5-14(15)22-25-17-10-11-27(12-18(17)26-22)19-9-8-13-4-3-7-16(24)20(13)21(19)28/h1-7,19H,8-12H2,(H,25,26). The Hall–Kier alpha value is -2.14. The van der Waals surface area contributed by atoms with Crippen molar-refractivity contribution in [2.75, 3.05) is 6.54 Å². The maximum atomic E-state index is 13.2. The SMILES string of the molecule is O=C1c2c(Cl)cccc2CCC1N1CCc2nc(-c3ccccc3Cl)[nH]c2C1. The predicted molar refractivity (Wildman–Crippen MR) is 111 cm³/mol. The number of halogens is 2. The fourth-order valence-corrected chi connectivity index (χ4v) is 4.87. The third kappa shape index (κ3) is 2.96. The van der Waals surface area contributed by atoms with Gasteiger partial charge in [0.25, 0.3) is 0 Å². The van der Waals surface area contributed by atoms with Crippen LogP contribution in [0.2, 0.25) is 10.0 Å². The van der Waals surface area contributed by atoms with Gasteiger partial charge in [-0.05, 0) is 36.6 Å². The molecule has 2 heterocycles. The van der Waals surface area contributed by atoms with Crippen molar-refractivity contribution in [3.8, 4) is 11.4 Å². The molecule has 5 rings (SSSR count). The fraction of sp³-hybridized carbons (Fsp3) is 0.273. The van der Waals surface area contributed by atoms with Crippen LogP contribution in [0.15, 0.2) is 42.5 Å². The molecule has 0 saturated heterocycles. The number of carbonyl (C=O) groups excluding carboxylic acids is 1. The Morgan fingerprint density at radius 2 is 1.86 bits per heavy atom. The molecule has 0 bridgehead atoms. The molecule has 0 fully saturated rings. The molecule has 0 saturated carbocycles. The van der Waals surface area contributed by atoms with E-state index in [0.29, 0.717) is 22.2 Å². The van der Waals surface area contributed by atoms with E-state index in [1.165, 1.54) is 0 Å². The molecule has 2 aromatic carbocycles. The van der Waals surface area contributed by atoms with E-state index in [1.54, 1.807) is 6.07 Å². The maximum absolute atomic E-state index is 13.2. The molecule has 1 atom stereocenters. The van der Waals surface area contributed by atoms with Gasteiger partial charge in [0.15, 0.2) is 5.78 Å². The molecule has 1 N–H and O–H groups in total. The number of aromatic nitrogens is 2. The van der Waals surface area contributed by atoms with Gasteiger partial charge in [0, 0.05) is 30.6 Å². The molecule has 6 heteroatoms. The van der Waals surface area contributed by atoms with Crippen molar-refractivity contribution < 1.29 is 4.79 Å². The van der Waals surface area contributed by atoms with E-state index < -0.39 is 0 Å². The maximum Gasteiger partial charge on any atom is 0.181 e. The third-order valence-corrected chi connectivity index (χ3v) is 6.41. The Labute approximate surface area is 173 Å². The highest BCUT2D eigenvalue weighted by Gasteiger charge is 2.35. The van der Waals surface area contributed by atoms with Crippen molar-refractivity contribution in [3.63, 3.8) is 0 Å². The van der Waals surface area contributed by atoms with Gasteiger partial charge in [-0.1, -0.05) is 47.5 Å². The van der Waals surface area contributed by atoms with Gasteiger partial charge in [-0.3, -0.25) is 9.69 Å². The molecule has 1 aromatic heterocycles. The van der Waals surface area contributed by atoms with E-state index >= 15 is 0 Å². The highest BCUT2D eigenvalue weighted by molar-refractivity contribution is 6.34. The number of hydrogen-bond donors (Lipinski definition) is 1. The number of rotatable bonds is 2. The van der Waals surface area contributed by atoms with Crippen LogP contribution in [0.1, 0.15) is 33.7 Å². The lowest BCUT2D eigenvalue weighted by atomic mass is 9.85. The van der Waals surface area contributed by atoms with Crippen LogP contribution in [-0.4, -0.2) is 33.2 Å². The third-order valence-electron chi connectivity index (χ3n) is 5.77. The normalized spacial score (nSPS) is 19.4.